The van der Waals surface area contributed by atoms with Gasteiger partial charge in [0, 0.05) is 5.97 Å². The number of hydrogen-bond acceptors (Lipinski definition) is 2. The van der Waals surface area contributed by atoms with Crippen LogP contribution >= 0.6 is 0 Å². The molecule has 56 valence electrons. The summed E-state index contributed by atoms with van der Waals surface area (Å²) in [5.41, 5.74) is 0. The molecule has 0 aliphatic heterocycles. The summed E-state index contributed by atoms with van der Waals surface area (Å²) in [6, 6.07) is 0. The summed E-state index contributed by atoms with van der Waals surface area (Å²) in [4.78, 5) is 9.76. The Morgan fingerprint density at radius 2 is 1.90 bits per heavy atom. The zero-order valence-corrected chi connectivity index (χ0v) is 9.95. The second-order valence-corrected chi connectivity index (χ2v) is 1.83. The van der Waals surface area contributed by atoms with Crippen molar-refractivity contribution in [3.05, 3.63) is 0 Å². The first kappa shape index (κ1) is 16.8. The number of carboxylic acids is 1. The number of carboxylic acid groups (broad SMARTS) is 1. The van der Waals surface area contributed by atoms with Gasteiger partial charge in [0.2, 0.25) is 0 Å². The molecule has 4 heteroatoms. The number of unbranched alkanes of at least 4 members (excludes halogenated alkanes) is 2. The van der Waals surface area contributed by atoms with Gasteiger partial charge in [-0.05, 0) is 12.8 Å². The molecule has 0 unspecified atom stereocenters. The van der Waals surface area contributed by atoms with E-state index >= 15 is 0 Å². The smallest absolute Gasteiger partial charge is 1.00 e. The molecule has 0 radical (unpaired) electrons. The van der Waals surface area contributed by atoms with E-state index in [2.05, 4.69) is 0 Å². The van der Waals surface area contributed by atoms with Crippen molar-refractivity contribution in [2.45, 2.75) is 32.6 Å². The fourth-order valence-corrected chi connectivity index (χ4v) is 0.519. The van der Waals surface area contributed by atoms with Crippen molar-refractivity contribution in [3.8, 4) is 0 Å². The Bertz CT molecular complexity index is 78.1. The molecule has 0 saturated heterocycles. The van der Waals surface area contributed by atoms with E-state index < -0.39 is 5.97 Å². The first-order valence-corrected chi connectivity index (χ1v) is 2.97. The van der Waals surface area contributed by atoms with Gasteiger partial charge in [-0.3, -0.25) is 0 Å². The van der Waals surface area contributed by atoms with Gasteiger partial charge < -0.3 is 22.3 Å². The summed E-state index contributed by atoms with van der Waals surface area (Å²) in [7, 11) is 0. The van der Waals surface area contributed by atoms with Crippen molar-refractivity contribution in [2.24, 2.45) is 0 Å². The van der Waals surface area contributed by atoms with Crippen LogP contribution < -0.4 is 17.5 Å². The van der Waals surface area contributed by atoms with Gasteiger partial charge in [-0.2, -0.15) is 0 Å². The summed E-state index contributed by atoms with van der Waals surface area (Å²) in [5.74, 6) is -0.932. The van der Waals surface area contributed by atoms with Gasteiger partial charge in [-0.15, -0.1) is 0 Å². The number of rotatable bonds is 4. The molecular formula is C6H11ClO2Zn. The van der Waals surface area contributed by atoms with E-state index in [4.69, 9.17) is 0 Å². The minimum Gasteiger partial charge on any atom is -1.00 e. The molecule has 0 fully saturated rings. The number of carbonyl (C=O) groups is 1. The van der Waals surface area contributed by atoms with E-state index in [1.165, 1.54) is 0 Å². The zero-order chi connectivity index (χ0) is 6.41. The third-order valence-corrected chi connectivity index (χ3v) is 0.984. The van der Waals surface area contributed by atoms with Gasteiger partial charge in [0.05, 0.1) is 0 Å². The summed E-state index contributed by atoms with van der Waals surface area (Å²) in [5, 5.41) is 9.76. The molecule has 0 heterocycles. The van der Waals surface area contributed by atoms with Crippen molar-refractivity contribution in [2.75, 3.05) is 0 Å². The second kappa shape index (κ2) is 12.1. The number of halogens is 1. The van der Waals surface area contributed by atoms with E-state index in [0.717, 1.165) is 19.3 Å². The Hall–Kier alpha value is 0.383. The van der Waals surface area contributed by atoms with Crippen LogP contribution in [0.3, 0.4) is 0 Å². The third kappa shape index (κ3) is 15.8. The molecule has 0 atom stereocenters. The average molecular weight is 216 g/mol. The predicted molar refractivity (Wildman–Crippen MR) is 29.1 cm³/mol. The summed E-state index contributed by atoms with van der Waals surface area (Å²) >= 11 is 0. The molecule has 0 aromatic rings. The fraction of sp³-hybridized carbons (Fsp3) is 0.833. The summed E-state index contributed by atoms with van der Waals surface area (Å²) < 4.78 is 0. The average Bonchev–Trinajstić information content (AvgIpc) is 1.66. The van der Waals surface area contributed by atoms with Crippen LogP contribution in [0.1, 0.15) is 32.6 Å². The minimum absolute atomic E-state index is 0. The second-order valence-electron chi connectivity index (χ2n) is 1.83. The maximum atomic E-state index is 9.76. The van der Waals surface area contributed by atoms with E-state index in [1.54, 1.807) is 0 Å². The molecule has 0 aromatic carbocycles. The molecule has 10 heavy (non-hydrogen) atoms. The zero-order valence-electron chi connectivity index (χ0n) is 6.23. The Morgan fingerprint density at radius 3 is 2.20 bits per heavy atom. The molecule has 0 aliphatic carbocycles. The Labute approximate surface area is 80.6 Å². The third-order valence-electron chi connectivity index (χ3n) is 0.984. The van der Waals surface area contributed by atoms with Crippen molar-refractivity contribution < 1.29 is 41.8 Å². The molecular weight excluding hydrogens is 205 g/mol. The largest absolute Gasteiger partial charge is 2.00 e. The van der Waals surface area contributed by atoms with E-state index in [0.29, 0.717) is 0 Å². The normalized spacial score (nSPS) is 7.30. The van der Waals surface area contributed by atoms with Crippen LogP contribution in [0.4, 0.5) is 0 Å². The first-order valence-electron chi connectivity index (χ1n) is 2.97. The summed E-state index contributed by atoms with van der Waals surface area (Å²) in [6.45, 7) is 2.04. The molecule has 0 N–H and O–H groups in total. The van der Waals surface area contributed by atoms with Crippen molar-refractivity contribution in [3.63, 3.8) is 0 Å². The minimum atomic E-state index is -0.932. The van der Waals surface area contributed by atoms with Gasteiger partial charge in [0.15, 0.2) is 0 Å². The van der Waals surface area contributed by atoms with Crippen LogP contribution in [-0.2, 0) is 24.3 Å². The SMILES string of the molecule is CCCCCC(=O)[O-].[Cl-].[Zn+2]. The number of hydrogen-bond donors (Lipinski definition) is 0. The van der Waals surface area contributed by atoms with Crippen LogP contribution in [0.25, 0.3) is 0 Å². The molecule has 0 bridgehead atoms. The maximum Gasteiger partial charge on any atom is 2.00 e. The van der Waals surface area contributed by atoms with Gasteiger partial charge >= 0.3 is 19.5 Å². The Morgan fingerprint density at radius 1 is 1.40 bits per heavy atom. The molecule has 0 aliphatic rings. The van der Waals surface area contributed by atoms with Crippen molar-refractivity contribution >= 4 is 5.97 Å². The van der Waals surface area contributed by atoms with E-state index in [-0.39, 0.29) is 38.3 Å². The van der Waals surface area contributed by atoms with Crippen LogP contribution in [0.5, 0.6) is 0 Å². The first-order chi connectivity index (χ1) is 3.77. The number of carbonyl (C=O) groups excluding carboxylic acids is 1. The predicted octanol–water partition coefficient (Wildman–Crippen LogP) is -2.68. The van der Waals surface area contributed by atoms with Crippen molar-refractivity contribution in [1.29, 1.82) is 0 Å². The molecule has 0 saturated carbocycles. The van der Waals surface area contributed by atoms with Crippen LogP contribution in [0.2, 0.25) is 0 Å². The Kier molecular flexibility index (Phi) is 20.3. The summed E-state index contributed by atoms with van der Waals surface area (Å²) in [6.07, 6.45) is 3.04. The molecule has 0 rings (SSSR count). The Balaban J connectivity index is -0.000000245. The molecule has 0 aromatic heterocycles. The fourth-order valence-electron chi connectivity index (χ4n) is 0.519. The molecule has 0 spiro atoms. The van der Waals surface area contributed by atoms with Crippen molar-refractivity contribution in [1.82, 2.24) is 0 Å². The van der Waals surface area contributed by atoms with Crippen LogP contribution in [0, 0.1) is 0 Å². The maximum absolute atomic E-state index is 9.76. The monoisotopic (exact) mass is 214 g/mol. The standard InChI is InChI=1S/C6H12O2.ClH.Zn/c1-2-3-4-5-6(7)8;;/h2-5H2,1H3,(H,7,8);1H;/q;;+2/p-2. The van der Waals surface area contributed by atoms with E-state index in [9.17, 15) is 9.90 Å². The van der Waals surface area contributed by atoms with Gasteiger partial charge in [0.1, 0.15) is 0 Å². The van der Waals surface area contributed by atoms with Crippen LogP contribution in [-0.4, -0.2) is 5.97 Å². The van der Waals surface area contributed by atoms with Gasteiger partial charge in [-0.25, -0.2) is 0 Å². The quantitative estimate of drug-likeness (QED) is 0.379. The topological polar surface area (TPSA) is 40.1 Å². The van der Waals surface area contributed by atoms with Gasteiger partial charge in [0.25, 0.3) is 0 Å². The van der Waals surface area contributed by atoms with Crippen LogP contribution in [0.15, 0.2) is 0 Å². The molecule has 0 amide bonds. The van der Waals surface area contributed by atoms with E-state index in [1.807, 2.05) is 6.92 Å². The van der Waals surface area contributed by atoms with Gasteiger partial charge in [-0.1, -0.05) is 19.8 Å². The number of aliphatic carboxylic acids is 1. The molecule has 2 nitrogen and oxygen atoms in total.